The number of amides is 1. The number of methoxy groups -OCH3 is 3. The molecule has 39 heavy (non-hydrogen) atoms. The average molecular weight is 549 g/mol. The topological polar surface area (TPSA) is 133 Å². The van der Waals surface area contributed by atoms with E-state index in [1.807, 2.05) is 36.4 Å². The molecule has 0 atom stereocenters. The van der Waals surface area contributed by atoms with Gasteiger partial charge in [-0.15, -0.1) is 0 Å². The summed E-state index contributed by atoms with van der Waals surface area (Å²) in [6, 6.07) is 19.7. The van der Waals surface area contributed by atoms with Crippen molar-refractivity contribution in [3.05, 3.63) is 88.6 Å². The highest BCUT2D eigenvalue weighted by molar-refractivity contribution is 6.29. The lowest BCUT2D eigenvalue weighted by Gasteiger charge is -2.15. The van der Waals surface area contributed by atoms with E-state index in [-0.39, 0.29) is 11.1 Å². The number of para-hydroxylation sites is 2. The molecule has 1 amide bonds. The molecule has 202 valence electrons. The van der Waals surface area contributed by atoms with Crippen molar-refractivity contribution in [3.63, 3.8) is 0 Å². The Morgan fingerprint density at radius 2 is 1.51 bits per heavy atom. The maximum absolute atomic E-state index is 12.6. The number of ether oxygens (including phenoxy) is 3. The molecule has 0 radical (unpaired) electrons. The summed E-state index contributed by atoms with van der Waals surface area (Å²) in [5.74, 6) is 2.30. The zero-order chi connectivity index (χ0) is 27.8. The lowest BCUT2D eigenvalue weighted by Crippen LogP contribution is -2.13. The highest BCUT2D eigenvalue weighted by Gasteiger charge is 2.14. The normalized spacial score (nSPS) is 10.5. The molecule has 3 aromatic carbocycles. The molecule has 0 unspecified atom stereocenters. The largest absolute Gasteiger partial charge is 0.493 e. The van der Waals surface area contributed by atoms with Crippen LogP contribution in [0.15, 0.2) is 66.7 Å². The number of anilines is 4. The fourth-order valence-electron chi connectivity index (χ4n) is 3.78. The number of benzene rings is 3. The van der Waals surface area contributed by atoms with Gasteiger partial charge in [-0.05, 0) is 47.5 Å². The van der Waals surface area contributed by atoms with Gasteiger partial charge in [-0.3, -0.25) is 4.79 Å². The van der Waals surface area contributed by atoms with Gasteiger partial charge < -0.3 is 35.9 Å². The molecule has 0 saturated carbocycles. The van der Waals surface area contributed by atoms with Crippen LogP contribution in [0.3, 0.4) is 0 Å². The van der Waals surface area contributed by atoms with Crippen molar-refractivity contribution in [2.45, 2.75) is 13.1 Å². The van der Waals surface area contributed by atoms with Crippen LogP contribution >= 0.6 is 11.6 Å². The molecule has 10 nitrogen and oxygen atoms in total. The fourth-order valence-corrected chi connectivity index (χ4v) is 3.96. The van der Waals surface area contributed by atoms with Crippen LogP contribution in [0.5, 0.6) is 17.2 Å². The van der Waals surface area contributed by atoms with Crippen LogP contribution < -0.4 is 35.9 Å². The van der Waals surface area contributed by atoms with Crippen molar-refractivity contribution in [2.24, 2.45) is 0 Å². The summed E-state index contributed by atoms with van der Waals surface area (Å²) in [5.41, 5.74) is 9.32. The highest BCUT2D eigenvalue weighted by atomic mass is 35.5. The molecule has 0 saturated heterocycles. The first kappa shape index (κ1) is 27.3. The van der Waals surface area contributed by atoms with Gasteiger partial charge in [0.15, 0.2) is 11.5 Å². The Kier molecular flexibility index (Phi) is 8.90. The minimum atomic E-state index is -0.242. The van der Waals surface area contributed by atoms with Crippen molar-refractivity contribution in [1.82, 2.24) is 9.97 Å². The SMILES string of the molecule is COc1cc(CNc2cc(Cl)nc(NCc3ccc(C(=O)Nc4ccccc4N)cc3)n2)cc(OC)c1OC. The maximum Gasteiger partial charge on any atom is 0.255 e. The summed E-state index contributed by atoms with van der Waals surface area (Å²) >= 11 is 6.24. The maximum atomic E-state index is 12.6. The van der Waals surface area contributed by atoms with Crippen molar-refractivity contribution in [1.29, 1.82) is 0 Å². The Hall–Kier alpha value is -4.70. The Labute approximate surface area is 231 Å². The molecule has 0 spiro atoms. The quantitative estimate of drug-likeness (QED) is 0.147. The number of hydrogen-bond acceptors (Lipinski definition) is 9. The second kappa shape index (κ2) is 12.7. The number of carbonyl (C=O) groups excluding carboxylic acids is 1. The van der Waals surface area contributed by atoms with E-state index in [0.29, 0.717) is 59.0 Å². The second-order valence-corrected chi connectivity index (χ2v) is 8.77. The number of hydrogen-bond donors (Lipinski definition) is 4. The van der Waals surface area contributed by atoms with Crippen LogP contribution in [-0.2, 0) is 13.1 Å². The van der Waals surface area contributed by atoms with E-state index in [4.69, 9.17) is 31.5 Å². The van der Waals surface area contributed by atoms with Gasteiger partial charge in [0.1, 0.15) is 11.0 Å². The Bertz CT molecular complexity index is 1420. The first-order valence-electron chi connectivity index (χ1n) is 12.0. The van der Waals surface area contributed by atoms with Gasteiger partial charge in [-0.2, -0.15) is 4.98 Å². The van der Waals surface area contributed by atoms with E-state index in [1.54, 1.807) is 51.7 Å². The summed E-state index contributed by atoms with van der Waals surface area (Å²) in [5, 5.41) is 9.51. The number of nitrogens with zero attached hydrogens (tertiary/aromatic N) is 2. The summed E-state index contributed by atoms with van der Waals surface area (Å²) < 4.78 is 16.2. The van der Waals surface area contributed by atoms with Crippen LogP contribution in [0.25, 0.3) is 0 Å². The number of nitrogens with two attached hydrogens (primary N) is 1. The van der Waals surface area contributed by atoms with Crippen LogP contribution in [0.4, 0.5) is 23.1 Å². The van der Waals surface area contributed by atoms with Crippen LogP contribution in [0.2, 0.25) is 5.15 Å². The molecule has 1 aromatic heterocycles. The molecule has 0 aliphatic heterocycles. The highest BCUT2D eigenvalue weighted by Crippen LogP contribution is 2.38. The summed E-state index contributed by atoms with van der Waals surface area (Å²) in [6.07, 6.45) is 0. The molecule has 5 N–H and O–H groups in total. The van der Waals surface area contributed by atoms with E-state index >= 15 is 0 Å². The molecular weight excluding hydrogens is 520 g/mol. The van der Waals surface area contributed by atoms with Gasteiger partial charge >= 0.3 is 0 Å². The van der Waals surface area contributed by atoms with Gasteiger partial charge in [0.05, 0.1) is 32.7 Å². The molecule has 4 rings (SSSR count). The number of halogens is 1. The molecule has 0 fully saturated rings. The Balaban J connectivity index is 1.37. The zero-order valence-corrected chi connectivity index (χ0v) is 22.5. The van der Waals surface area contributed by atoms with Crippen molar-refractivity contribution >= 4 is 40.6 Å². The third kappa shape index (κ3) is 6.99. The predicted molar refractivity (Wildman–Crippen MR) is 153 cm³/mol. The third-order valence-electron chi connectivity index (χ3n) is 5.77. The van der Waals surface area contributed by atoms with E-state index in [2.05, 4.69) is 25.9 Å². The lowest BCUT2D eigenvalue weighted by atomic mass is 10.1. The Morgan fingerprint density at radius 3 is 2.15 bits per heavy atom. The molecule has 1 heterocycles. The van der Waals surface area contributed by atoms with Crippen molar-refractivity contribution in [3.8, 4) is 17.2 Å². The number of carbonyl (C=O) groups is 1. The molecule has 11 heteroatoms. The smallest absolute Gasteiger partial charge is 0.255 e. The van der Waals surface area contributed by atoms with Crippen LogP contribution in [0, 0.1) is 0 Å². The summed E-state index contributed by atoms with van der Waals surface area (Å²) in [4.78, 5) is 21.3. The van der Waals surface area contributed by atoms with Gasteiger partial charge in [-0.25, -0.2) is 4.98 Å². The second-order valence-electron chi connectivity index (χ2n) is 8.38. The average Bonchev–Trinajstić information content (AvgIpc) is 2.95. The summed E-state index contributed by atoms with van der Waals surface area (Å²) in [6.45, 7) is 0.863. The number of rotatable bonds is 11. The van der Waals surface area contributed by atoms with Crippen LogP contribution in [-0.4, -0.2) is 37.2 Å². The van der Waals surface area contributed by atoms with E-state index in [1.165, 1.54) is 0 Å². The van der Waals surface area contributed by atoms with Gasteiger partial charge in [0.2, 0.25) is 11.7 Å². The molecule has 0 aliphatic rings. The zero-order valence-electron chi connectivity index (χ0n) is 21.7. The summed E-state index contributed by atoms with van der Waals surface area (Å²) in [7, 11) is 4.70. The van der Waals surface area contributed by atoms with Gasteiger partial charge in [-0.1, -0.05) is 35.9 Å². The first-order chi connectivity index (χ1) is 18.9. The minimum Gasteiger partial charge on any atom is -0.493 e. The van der Waals surface area contributed by atoms with Gasteiger partial charge in [0.25, 0.3) is 5.91 Å². The van der Waals surface area contributed by atoms with Crippen molar-refractivity contribution < 1.29 is 19.0 Å². The molecule has 0 aliphatic carbocycles. The van der Waals surface area contributed by atoms with Crippen molar-refractivity contribution in [2.75, 3.05) is 43.0 Å². The number of nitrogens with one attached hydrogen (secondary N) is 3. The first-order valence-corrected chi connectivity index (χ1v) is 12.3. The van der Waals surface area contributed by atoms with E-state index in [0.717, 1.165) is 11.1 Å². The predicted octanol–water partition coefficient (Wildman–Crippen LogP) is 5.21. The molecule has 4 aromatic rings. The monoisotopic (exact) mass is 548 g/mol. The third-order valence-corrected chi connectivity index (χ3v) is 5.96. The lowest BCUT2D eigenvalue weighted by molar-refractivity contribution is 0.102. The number of aromatic nitrogens is 2. The standard InChI is InChI=1S/C28H29ClN6O4/c1-37-22-12-18(13-23(38-2)26(22)39-3)16-31-25-14-24(29)34-28(35-25)32-15-17-8-10-19(11-9-17)27(36)33-21-7-5-4-6-20(21)30/h4-14H,15-16,30H2,1-3H3,(H,33,36)(H2,31,32,34,35). The van der Waals surface area contributed by atoms with E-state index < -0.39 is 0 Å². The Morgan fingerprint density at radius 1 is 0.846 bits per heavy atom. The fraction of sp³-hybridized carbons (Fsp3) is 0.179. The van der Waals surface area contributed by atoms with Crippen LogP contribution in [0.1, 0.15) is 21.5 Å². The number of nitrogen functional groups attached to an aromatic ring is 1. The molecular formula is C28H29ClN6O4. The van der Waals surface area contributed by atoms with Gasteiger partial charge in [0, 0.05) is 24.7 Å². The minimum absolute atomic E-state index is 0.242. The van der Waals surface area contributed by atoms with E-state index in [9.17, 15) is 4.79 Å². The molecule has 0 bridgehead atoms.